The van der Waals surface area contributed by atoms with Crippen molar-refractivity contribution in [1.82, 2.24) is 5.32 Å². The van der Waals surface area contributed by atoms with Crippen molar-refractivity contribution in [2.24, 2.45) is 0 Å². The molecule has 140 valence electrons. The first-order valence-corrected chi connectivity index (χ1v) is 8.77. The van der Waals surface area contributed by atoms with Crippen LogP contribution in [0.25, 0.3) is 0 Å². The maximum atomic E-state index is 12.5. The molecule has 0 saturated heterocycles. The molecule has 0 spiro atoms. The van der Waals surface area contributed by atoms with E-state index in [0.29, 0.717) is 11.5 Å². The fourth-order valence-electron chi connectivity index (χ4n) is 2.69. The predicted octanol–water partition coefficient (Wildman–Crippen LogP) is 3.91. The minimum atomic E-state index is -0.592. The van der Waals surface area contributed by atoms with E-state index in [1.807, 2.05) is 49.4 Å². The van der Waals surface area contributed by atoms with Gasteiger partial charge in [-0.15, -0.1) is 0 Å². The summed E-state index contributed by atoms with van der Waals surface area (Å²) in [6.45, 7) is 5.74. The zero-order chi connectivity index (χ0) is 19.1. The number of para-hydroxylation sites is 1. The number of amides is 1. The molecule has 0 aliphatic rings. The predicted molar refractivity (Wildman–Crippen MR) is 102 cm³/mol. The summed E-state index contributed by atoms with van der Waals surface area (Å²) in [5.41, 5.74) is 2.01. The number of carbonyl (C=O) groups is 1. The van der Waals surface area contributed by atoms with Crippen molar-refractivity contribution in [3.05, 3.63) is 53.6 Å². The van der Waals surface area contributed by atoms with Crippen LogP contribution in [-0.4, -0.2) is 26.2 Å². The molecule has 0 radical (unpaired) electrons. The van der Waals surface area contributed by atoms with Gasteiger partial charge in [-0.3, -0.25) is 4.79 Å². The molecule has 1 N–H and O–H groups in total. The molecule has 0 aliphatic carbocycles. The molecule has 0 heterocycles. The standard InChI is InChI=1S/C21H27NO4/c1-6-16-9-7-8-10-18(16)26-15(3)21(23)22-14(2)17-11-12-19(24-4)20(13-17)25-5/h7-15H,6H2,1-5H3,(H,22,23)/t14-,15-/m0/s1. The molecular weight excluding hydrogens is 330 g/mol. The molecule has 26 heavy (non-hydrogen) atoms. The summed E-state index contributed by atoms with van der Waals surface area (Å²) in [4.78, 5) is 12.5. The maximum absolute atomic E-state index is 12.5. The first-order chi connectivity index (χ1) is 12.5. The largest absolute Gasteiger partial charge is 0.493 e. The normalized spacial score (nSPS) is 12.8. The zero-order valence-electron chi connectivity index (χ0n) is 16.0. The van der Waals surface area contributed by atoms with E-state index in [1.54, 1.807) is 21.1 Å². The van der Waals surface area contributed by atoms with Gasteiger partial charge in [0.2, 0.25) is 0 Å². The number of hydrogen-bond donors (Lipinski definition) is 1. The van der Waals surface area contributed by atoms with Gasteiger partial charge >= 0.3 is 0 Å². The fourth-order valence-corrected chi connectivity index (χ4v) is 2.69. The van der Waals surface area contributed by atoms with Gasteiger partial charge < -0.3 is 19.5 Å². The van der Waals surface area contributed by atoms with Gasteiger partial charge in [0.05, 0.1) is 20.3 Å². The Balaban J connectivity index is 2.04. The second-order valence-corrected chi connectivity index (χ2v) is 6.07. The number of ether oxygens (including phenoxy) is 3. The van der Waals surface area contributed by atoms with E-state index in [9.17, 15) is 4.79 Å². The molecule has 0 bridgehead atoms. The third-order valence-corrected chi connectivity index (χ3v) is 4.29. The highest BCUT2D eigenvalue weighted by Crippen LogP contribution is 2.30. The third kappa shape index (κ3) is 4.69. The van der Waals surface area contributed by atoms with E-state index < -0.39 is 6.10 Å². The van der Waals surface area contributed by atoms with Gasteiger partial charge in [0.1, 0.15) is 5.75 Å². The van der Waals surface area contributed by atoms with Crippen molar-refractivity contribution < 1.29 is 19.0 Å². The van der Waals surface area contributed by atoms with Crippen LogP contribution < -0.4 is 19.5 Å². The number of nitrogens with one attached hydrogen (secondary N) is 1. The Morgan fingerprint density at radius 2 is 1.69 bits per heavy atom. The summed E-state index contributed by atoms with van der Waals surface area (Å²) in [5.74, 6) is 1.87. The van der Waals surface area contributed by atoms with Crippen LogP contribution in [0.4, 0.5) is 0 Å². The molecule has 5 nitrogen and oxygen atoms in total. The molecule has 1 amide bonds. The Kier molecular flexibility index (Phi) is 6.89. The second kappa shape index (κ2) is 9.13. The van der Waals surface area contributed by atoms with Gasteiger partial charge in [-0.05, 0) is 49.6 Å². The number of rotatable bonds is 8. The van der Waals surface area contributed by atoms with Gasteiger partial charge in [-0.25, -0.2) is 0 Å². The Morgan fingerprint density at radius 1 is 1.00 bits per heavy atom. The Bertz CT molecular complexity index is 745. The number of hydrogen-bond acceptors (Lipinski definition) is 4. The van der Waals surface area contributed by atoms with Crippen molar-refractivity contribution in [2.75, 3.05) is 14.2 Å². The van der Waals surface area contributed by atoms with Crippen LogP contribution >= 0.6 is 0 Å². The molecular formula is C21H27NO4. The fraction of sp³-hybridized carbons (Fsp3) is 0.381. The highest BCUT2D eigenvalue weighted by molar-refractivity contribution is 5.81. The number of carbonyl (C=O) groups excluding carboxylic acids is 1. The topological polar surface area (TPSA) is 56.8 Å². The molecule has 2 aromatic rings. The van der Waals surface area contributed by atoms with Gasteiger partial charge in [0.25, 0.3) is 5.91 Å². The smallest absolute Gasteiger partial charge is 0.261 e. The molecule has 0 saturated carbocycles. The average Bonchev–Trinajstić information content (AvgIpc) is 2.67. The van der Waals surface area contributed by atoms with Crippen LogP contribution in [0.15, 0.2) is 42.5 Å². The molecule has 0 fully saturated rings. The van der Waals surface area contributed by atoms with Crippen molar-refractivity contribution in [2.45, 2.75) is 39.3 Å². The van der Waals surface area contributed by atoms with Crippen LogP contribution in [0.3, 0.4) is 0 Å². The first kappa shape index (κ1) is 19.6. The maximum Gasteiger partial charge on any atom is 0.261 e. The van der Waals surface area contributed by atoms with Gasteiger partial charge in [-0.1, -0.05) is 31.2 Å². The van der Waals surface area contributed by atoms with Gasteiger partial charge in [-0.2, -0.15) is 0 Å². The van der Waals surface area contributed by atoms with Crippen molar-refractivity contribution in [3.63, 3.8) is 0 Å². The summed E-state index contributed by atoms with van der Waals surface area (Å²) < 4.78 is 16.4. The monoisotopic (exact) mass is 357 g/mol. The van der Waals surface area contributed by atoms with E-state index in [0.717, 1.165) is 23.3 Å². The summed E-state index contributed by atoms with van der Waals surface area (Å²) >= 11 is 0. The summed E-state index contributed by atoms with van der Waals surface area (Å²) in [7, 11) is 3.18. The lowest BCUT2D eigenvalue weighted by atomic mass is 10.1. The first-order valence-electron chi connectivity index (χ1n) is 8.77. The second-order valence-electron chi connectivity index (χ2n) is 6.07. The minimum Gasteiger partial charge on any atom is -0.493 e. The quantitative estimate of drug-likeness (QED) is 0.778. The minimum absolute atomic E-state index is 0.168. The van der Waals surface area contributed by atoms with Gasteiger partial charge in [0, 0.05) is 0 Å². The van der Waals surface area contributed by atoms with Crippen LogP contribution in [0, 0.1) is 0 Å². The third-order valence-electron chi connectivity index (χ3n) is 4.29. The van der Waals surface area contributed by atoms with Crippen LogP contribution in [0.1, 0.15) is 37.9 Å². The van der Waals surface area contributed by atoms with E-state index in [1.165, 1.54) is 0 Å². The van der Waals surface area contributed by atoms with Crippen molar-refractivity contribution in [1.29, 1.82) is 0 Å². The summed E-state index contributed by atoms with van der Waals surface area (Å²) in [5, 5.41) is 2.98. The zero-order valence-corrected chi connectivity index (χ0v) is 16.0. The average molecular weight is 357 g/mol. The van der Waals surface area contributed by atoms with E-state index in [4.69, 9.17) is 14.2 Å². The van der Waals surface area contributed by atoms with Crippen LogP contribution in [-0.2, 0) is 11.2 Å². The SMILES string of the molecule is CCc1ccccc1O[C@@H](C)C(=O)N[C@@H](C)c1ccc(OC)c(OC)c1. The molecule has 2 atom stereocenters. The van der Waals surface area contributed by atoms with Gasteiger partial charge in [0.15, 0.2) is 17.6 Å². The Morgan fingerprint density at radius 3 is 2.35 bits per heavy atom. The molecule has 2 rings (SSSR count). The Hall–Kier alpha value is -2.69. The lowest BCUT2D eigenvalue weighted by Crippen LogP contribution is -2.37. The Labute approximate surface area is 155 Å². The van der Waals surface area contributed by atoms with Crippen LogP contribution in [0.2, 0.25) is 0 Å². The van der Waals surface area contributed by atoms with Crippen molar-refractivity contribution >= 4 is 5.91 Å². The van der Waals surface area contributed by atoms with Crippen molar-refractivity contribution in [3.8, 4) is 17.2 Å². The number of aryl methyl sites for hydroxylation is 1. The summed E-state index contributed by atoms with van der Waals surface area (Å²) in [6, 6.07) is 13.2. The molecule has 0 unspecified atom stereocenters. The molecule has 2 aromatic carbocycles. The molecule has 0 aromatic heterocycles. The van der Waals surface area contributed by atoms with E-state index in [-0.39, 0.29) is 11.9 Å². The van der Waals surface area contributed by atoms with E-state index >= 15 is 0 Å². The van der Waals surface area contributed by atoms with E-state index in [2.05, 4.69) is 12.2 Å². The lowest BCUT2D eigenvalue weighted by Gasteiger charge is -2.21. The lowest BCUT2D eigenvalue weighted by molar-refractivity contribution is -0.127. The highest BCUT2D eigenvalue weighted by Gasteiger charge is 2.19. The number of methoxy groups -OCH3 is 2. The molecule has 0 aliphatic heterocycles. The molecule has 5 heteroatoms. The highest BCUT2D eigenvalue weighted by atomic mass is 16.5. The summed E-state index contributed by atoms with van der Waals surface area (Å²) in [6.07, 6.45) is 0.261. The number of benzene rings is 2. The van der Waals surface area contributed by atoms with Crippen LogP contribution in [0.5, 0.6) is 17.2 Å².